The number of rotatable bonds is 5. The Bertz CT molecular complexity index is 491. The molecule has 0 unspecified atom stereocenters. The largest absolute Gasteiger partial charge is 0.472 e. The van der Waals surface area contributed by atoms with Gasteiger partial charge in [-0.15, -0.1) is 0 Å². The van der Waals surface area contributed by atoms with Crippen molar-refractivity contribution < 1.29 is 4.42 Å². The van der Waals surface area contributed by atoms with Crippen LogP contribution in [-0.2, 0) is 13.0 Å². The molecule has 2 N–H and O–H groups in total. The summed E-state index contributed by atoms with van der Waals surface area (Å²) in [7, 11) is 2.10. The molecule has 0 spiro atoms. The predicted octanol–water partition coefficient (Wildman–Crippen LogP) is 2.73. The van der Waals surface area contributed by atoms with E-state index in [1.165, 1.54) is 22.4 Å². The van der Waals surface area contributed by atoms with E-state index in [4.69, 9.17) is 10.2 Å². The lowest BCUT2D eigenvalue weighted by Gasteiger charge is -2.21. The van der Waals surface area contributed by atoms with E-state index >= 15 is 0 Å². The van der Waals surface area contributed by atoms with Gasteiger partial charge in [0, 0.05) is 24.8 Å². The minimum atomic E-state index is 0.698. The Hall–Kier alpha value is -1.74. The third kappa shape index (κ3) is 2.93. The highest BCUT2D eigenvalue weighted by molar-refractivity contribution is 5.54. The fourth-order valence-electron chi connectivity index (χ4n) is 2.21. The third-order valence-corrected chi connectivity index (χ3v) is 3.11. The van der Waals surface area contributed by atoms with Crippen LogP contribution in [0.25, 0.3) is 0 Å². The highest BCUT2D eigenvalue weighted by atomic mass is 16.3. The molecule has 0 fully saturated rings. The van der Waals surface area contributed by atoms with Gasteiger partial charge in [0.2, 0.25) is 0 Å². The van der Waals surface area contributed by atoms with Crippen molar-refractivity contribution >= 4 is 5.69 Å². The Balaban J connectivity index is 2.12. The third-order valence-electron chi connectivity index (χ3n) is 3.11. The quantitative estimate of drug-likeness (QED) is 0.879. The summed E-state index contributed by atoms with van der Waals surface area (Å²) in [6.45, 7) is 3.69. The Morgan fingerprint density at radius 1 is 1.22 bits per heavy atom. The van der Waals surface area contributed by atoms with Gasteiger partial charge in [-0.1, -0.05) is 12.1 Å². The van der Waals surface area contributed by atoms with Gasteiger partial charge in [0.25, 0.3) is 0 Å². The number of aryl methyl sites for hydroxylation is 1. The number of nitrogens with two attached hydrogens (primary N) is 1. The first-order valence-electron chi connectivity index (χ1n) is 6.22. The highest BCUT2D eigenvalue weighted by Crippen LogP contribution is 2.22. The first kappa shape index (κ1) is 12.7. The lowest BCUT2D eigenvalue weighted by Crippen LogP contribution is -2.17. The van der Waals surface area contributed by atoms with Gasteiger partial charge in [-0.05, 0) is 43.1 Å². The Morgan fingerprint density at radius 3 is 2.67 bits per heavy atom. The number of nitrogens with zero attached hydrogens (tertiary/aromatic N) is 1. The molecular weight excluding hydrogens is 224 g/mol. The van der Waals surface area contributed by atoms with Gasteiger partial charge in [0.15, 0.2) is 0 Å². The molecule has 0 atom stereocenters. The summed E-state index contributed by atoms with van der Waals surface area (Å²) in [5.41, 5.74) is 10.6. The number of benzene rings is 1. The molecule has 3 nitrogen and oxygen atoms in total. The maximum atomic E-state index is 5.58. The van der Waals surface area contributed by atoms with Crippen LogP contribution in [0.1, 0.15) is 16.7 Å². The molecule has 2 aromatic rings. The van der Waals surface area contributed by atoms with Crippen LogP contribution in [0.5, 0.6) is 0 Å². The van der Waals surface area contributed by atoms with Crippen LogP contribution in [0.15, 0.2) is 41.2 Å². The van der Waals surface area contributed by atoms with Gasteiger partial charge in [-0.2, -0.15) is 0 Å². The molecule has 96 valence electrons. The Kier molecular flexibility index (Phi) is 4.05. The van der Waals surface area contributed by atoms with Crippen LogP contribution in [0.2, 0.25) is 0 Å². The van der Waals surface area contributed by atoms with Crippen LogP contribution in [-0.4, -0.2) is 13.6 Å². The van der Waals surface area contributed by atoms with Crippen molar-refractivity contribution in [2.45, 2.75) is 19.9 Å². The van der Waals surface area contributed by atoms with Gasteiger partial charge in [0.05, 0.1) is 12.5 Å². The molecule has 0 aliphatic rings. The van der Waals surface area contributed by atoms with Gasteiger partial charge < -0.3 is 15.1 Å². The molecule has 3 heteroatoms. The zero-order chi connectivity index (χ0) is 13.0. The summed E-state index contributed by atoms with van der Waals surface area (Å²) in [6, 6.07) is 8.53. The molecule has 1 aromatic heterocycles. The van der Waals surface area contributed by atoms with Gasteiger partial charge in [-0.3, -0.25) is 0 Å². The molecule has 0 aliphatic heterocycles. The van der Waals surface area contributed by atoms with Crippen LogP contribution in [0.4, 0.5) is 5.69 Å². The summed E-state index contributed by atoms with van der Waals surface area (Å²) < 4.78 is 5.09. The molecule has 18 heavy (non-hydrogen) atoms. The van der Waals surface area contributed by atoms with Crippen LogP contribution in [0, 0.1) is 6.92 Å². The van der Waals surface area contributed by atoms with Crippen molar-refractivity contribution in [1.29, 1.82) is 0 Å². The molecule has 0 bridgehead atoms. The van der Waals surface area contributed by atoms with Crippen molar-refractivity contribution in [3.63, 3.8) is 0 Å². The minimum absolute atomic E-state index is 0.698. The van der Waals surface area contributed by atoms with E-state index in [-0.39, 0.29) is 0 Å². The van der Waals surface area contributed by atoms with Crippen molar-refractivity contribution in [2.24, 2.45) is 5.73 Å². The Labute approximate surface area is 108 Å². The Morgan fingerprint density at radius 2 is 2.06 bits per heavy atom. The average Bonchev–Trinajstić information content (AvgIpc) is 2.82. The van der Waals surface area contributed by atoms with E-state index in [2.05, 4.69) is 37.1 Å². The molecule has 2 rings (SSSR count). The first-order valence-corrected chi connectivity index (χ1v) is 6.22. The highest BCUT2D eigenvalue weighted by Gasteiger charge is 2.06. The lowest BCUT2D eigenvalue weighted by atomic mass is 10.1. The standard InChI is InChI=1S/C15H20N2O/c1-12-9-13(5-7-16)3-4-15(12)17(2)10-14-6-8-18-11-14/h3-4,6,8-9,11H,5,7,10,16H2,1-2H3. The summed E-state index contributed by atoms with van der Waals surface area (Å²) in [5.74, 6) is 0. The lowest BCUT2D eigenvalue weighted by molar-refractivity contribution is 0.563. The van der Waals surface area contributed by atoms with E-state index < -0.39 is 0 Å². The summed E-state index contributed by atoms with van der Waals surface area (Å²) >= 11 is 0. The van der Waals surface area contributed by atoms with Gasteiger partial charge in [-0.25, -0.2) is 0 Å². The second-order valence-corrected chi connectivity index (χ2v) is 4.65. The number of hydrogen-bond donors (Lipinski definition) is 1. The molecule has 1 aromatic carbocycles. The van der Waals surface area contributed by atoms with Crippen molar-refractivity contribution in [2.75, 3.05) is 18.5 Å². The van der Waals surface area contributed by atoms with Crippen LogP contribution < -0.4 is 10.6 Å². The van der Waals surface area contributed by atoms with E-state index in [9.17, 15) is 0 Å². The number of furan rings is 1. The maximum Gasteiger partial charge on any atom is 0.0952 e. The molecule has 0 radical (unpaired) electrons. The molecule has 0 saturated carbocycles. The van der Waals surface area contributed by atoms with Gasteiger partial charge in [0.1, 0.15) is 0 Å². The van der Waals surface area contributed by atoms with Crippen molar-refractivity contribution in [3.8, 4) is 0 Å². The summed E-state index contributed by atoms with van der Waals surface area (Å²) in [4.78, 5) is 2.23. The fourth-order valence-corrected chi connectivity index (χ4v) is 2.21. The zero-order valence-electron chi connectivity index (χ0n) is 11.0. The zero-order valence-corrected chi connectivity index (χ0v) is 11.0. The molecule has 1 heterocycles. The van der Waals surface area contributed by atoms with Crippen LogP contribution in [0.3, 0.4) is 0 Å². The second-order valence-electron chi connectivity index (χ2n) is 4.65. The first-order chi connectivity index (χ1) is 8.70. The van der Waals surface area contributed by atoms with E-state index in [0.29, 0.717) is 6.54 Å². The smallest absolute Gasteiger partial charge is 0.0952 e. The SMILES string of the molecule is Cc1cc(CCN)ccc1N(C)Cc1ccoc1. The van der Waals surface area contributed by atoms with Crippen LogP contribution >= 0.6 is 0 Å². The fraction of sp³-hybridized carbons (Fsp3) is 0.333. The van der Waals surface area contributed by atoms with Crippen molar-refractivity contribution in [3.05, 3.63) is 53.5 Å². The maximum absolute atomic E-state index is 5.58. The van der Waals surface area contributed by atoms with Gasteiger partial charge >= 0.3 is 0 Å². The summed E-state index contributed by atoms with van der Waals surface area (Å²) in [6.07, 6.45) is 4.43. The van der Waals surface area contributed by atoms with E-state index in [0.717, 1.165) is 13.0 Å². The second kappa shape index (κ2) is 5.74. The number of hydrogen-bond acceptors (Lipinski definition) is 3. The normalized spacial score (nSPS) is 10.6. The molecular formula is C15H20N2O. The monoisotopic (exact) mass is 244 g/mol. The molecule has 0 amide bonds. The predicted molar refractivity (Wildman–Crippen MR) is 74.8 cm³/mol. The minimum Gasteiger partial charge on any atom is -0.472 e. The van der Waals surface area contributed by atoms with E-state index in [1.54, 1.807) is 12.5 Å². The summed E-state index contributed by atoms with van der Waals surface area (Å²) in [5, 5.41) is 0. The number of anilines is 1. The van der Waals surface area contributed by atoms with E-state index in [1.807, 2.05) is 6.07 Å². The molecule has 0 aliphatic carbocycles. The van der Waals surface area contributed by atoms with Crippen molar-refractivity contribution in [1.82, 2.24) is 0 Å². The molecule has 0 saturated heterocycles. The average molecular weight is 244 g/mol. The topological polar surface area (TPSA) is 42.4 Å².